The van der Waals surface area contributed by atoms with Crippen molar-refractivity contribution in [2.45, 2.75) is 20.4 Å². The van der Waals surface area contributed by atoms with E-state index >= 15 is 0 Å². The maximum atomic E-state index is 13.1. The Bertz CT molecular complexity index is 881. The van der Waals surface area contributed by atoms with Gasteiger partial charge in [-0.25, -0.2) is 0 Å². The second-order valence-corrected chi connectivity index (χ2v) is 7.27. The molecular formula is C20H22N2O2S. The van der Waals surface area contributed by atoms with Crippen LogP contribution >= 0.6 is 11.3 Å². The predicted octanol–water partition coefficient (Wildman–Crippen LogP) is 4.44. The lowest BCUT2D eigenvalue weighted by molar-refractivity contribution is 0.0785. The van der Waals surface area contributed by atoms with Crippen LogP contribution in [0.1, 0.15) is 26.4 Å². The number of rotatable bonds is 5. The van der Waals surface area contributed by atoms with Crippen LogP contribution in [0.3, 0.4) is 0 Å². The molecule has 0 aliphatic rings. The number of aromatic nitrogens is 1. The third-order valence-corrected chi connectivity index (χ3v) is 5.54. The van der Waals surface area contributed by atoms with Crippen LogP contribution < -0.4 is 4.74 Å². The molecule has 3 rings (SSSR count). The molecule has 0 unspecified atom stereocenters. The summed E-state index contributed by atoms with van der Waals surface area (Å²) in [7, 11) is 3.49. The highest BCUT2D eigenvalue weighted by molar-refractivity contribution is 7.15. The molecule has 5 heteroatoms. The number of carbonyl (C=O) groups excluding carboxylic acids is 1. The van der Waals surface area contributed by atoms with E-state index in [2.05, 4.69) is 6.92 Å². The van der Waals surface area contributed by atoms with E-state index in [1.54, 1.807) is 23.3 Å². The van der Waals surface area contributed by atoms with Gasteiger partial charge in [-0.1, -0.05) is 12.1 Å². The summed E-state index contributed by atoms with van der Waals surface area (Å²) in [4.78, 5) is 16.1. The first-order valence-corrected chi connectivity index (χ1v) is 8.94. The molecular weight excluding hydrogens is 332 g/mol. The van der Waals surface area contributed by atoms with E-state index in [1.165, 1.54) is 4.88 Å². The van der Waals surface area contributed by atoms with Gasteiger partial charge in [-0.15, -0.1) is 11.3 Å². The monoisotopic (exact) mass is 354 g/mol. The third-order valence-electron chi connectivity index (χ3n) is 4.32. The Balaban J connectivity index is 1.90. The van der Waals surface area contributed by atoms with E-state index in [0.717, 1.165) is 27.4 Å². The molecule has 1 amide bonds. The molecule has 2 heterocycles. The lowest BCUT2D eigenvalue weighted by Crippen LogP contribution is -2.27. The predicted molar refractivity (Wildman–Crippen MR) is 102 cm³/mol. The van der Waals surface area contributed by atoms with Crippen molar-refractivity contribution in [1.82, 2.24) is 9.47 Å². The van der Waals surface area contributed by atoms with Crippen LogP contribution in [-0.4, -0.2) is 29.5 Å². The number of hydrogen-bond acceptors (Lipinski definition) is 3. The van der Waals surface area contributed by atoms with Crippen molar-refractivity contribution in [2.24, 2.45) is 0 Å². The first-order chi connectivity index (χ1) is 12.0. The SMILES string of the molecule is COc1cccc(CN(C)C(=O)c2c(-n3cccc3)sc(C)c2C)c1. The minimum Gasteiger partial charge on any atom is -0.497 e. The van der Waals surface area contributed by atoms with Gasteiger partial charge in [0.15, 0.2) is 0 Å². The second-order valence-electron chi connectivity index (χ2n) is 6.07. The van der Waals surface area contributed by atoms with Gasteiger partial charge in [0.25, 0.3) is 5.91 Å². The summed E-state index contributed by atoms with van der Waals surface area (Å²) >= 11 is 1.65. The fraction of sp³-hybridized carbons (Fsp3) is 0.250. The molecule has 3 aromatic rings. The molecule has 1 aromatic carbocycles. The van der Waals surface area contributed by atoms with E-state index in [9.17, 15) is 4.79 Å². The first-order valence-electron chi connectivity index (χ1n) is 8.13. The summed E-state index contributed by atoms with van der Waals surface area (Å²) in [5.74, 6) is 0.835. The van der Waals surface area contributed by atoms with E-state index < -0.39 is 0 Å². The van der Waals surface area contributed by atoms with Crippen LogP contribution in [-0.2, 0) is 6.54 Å². The van der Waals surface area contributed by atoms with E-state index in [-0.39, 0.29) is 5.91 Å². The molecule has 0 N–H and O–H groups in total. The van der Waals surface area contributed by atoms with E-state index in [4.69, 9.17) is 4.74 Å². The van der Waals surface area contributed by atoms with Crippen molar-refractivity contribution in [3.05, 3.63) is 70.4 Å². The molecule has 0 aliphatic heterocycles. The Hall–Kier alpha value is -2.53. The Morgan fingerprint density at radius 2 is 1.92 bits per heavy atom. The summed E-state index contributed by atoms with van der Waals surface area (Å²) in [6.45, 7) is 4.62. The summed E-state index contributed by atoms with van der Waals surface area (Å²) in [5, 5.41) is 0.975. The summed E-state index contributed by atoms with van der Waals surface area (Å²) < 4.78 is 7.28. The lowest BCUT2D eigenvalue weighted by Gasteiger charge is -2.19. The number of benzene rings is 1. The van der Waals surface area contributed by atoms with Crippen molar-refractivity contribution in [1.29, 1.82) is 0 Å². The average Bonchev–Trinajstić information content (AvgIpc) is 3.23. The molecule has 0 fully saturated rings. The van der Waals surface area contributed by atoms with Crippen LogP contribution in [0, 0.1) is 13.8 Å². The minimum atomic E-state index is 0.0355. The molecule has 0 radical (unpaired) electrons. The zero-order chi connectivity index (χ0) is 18.0. The summed E-state index contributed by atoms with van der Waals surface area (Å²) in [5.41, 5.74) is 2.88. The number of amides is 1. The van der Waals surface area contributed by atoms with Crippen molar-refractivity contribution in [3.8, 4) is 10.8 Å². The van der Waals surface area contributed by atoms with Gasteiger partial charge in [-0.3, -0.25) is 4.79 Å². The van der Waals surface area contributed by atoms with Crippen LogP contribution in [0.2, 0.25) is 0 Å². The molecule has 4 nitrogen and oxygen atoms in total. The zero-order valence-corrected chi connectivity index (χ0v) is 15.8. The maximum absolute atomic E-state index is 13.1. The van der Waals surface area contributed by atoms with Crippen molar-refractivity contribution in [3.63, 3.8) is 0 Å². The molecule has 0 bridgehead atoms. The largest absolute Gasteiger partial charge is 0.497 e. The molecule has 0 saturated carbocycles. The van der Waals surface area contributed by atoms with E-state index in [1.807, 2.05) is 67.3 Å². The van der Waals surface area contributed by atoms with Gasteiger partial charge in [0.05, 0.1) is 12.7 Å². The van der Waals surface area contributed by atoms with E-state index in [0.29, 0.717) is 6.54 Å². The number of hydrogen-bond donors (Lipinski definition) is 0. The van der Waals surface area contributed by atoms with Gasteiger partial charge in [0.2, 0.25) is 0 Å². The number of ether oxygens (including phenoxy) is 1. The highest BCUT2D eigenvalue weighted by Crippen LogP contribution is 2.32. The molecule has 0 aliphatic carbocycles. The van der Waals surface area contributed by atoms with Gasteiger partial charge in [-0.05, 0) is 49.2 Å². The normalized spacial score (nSPS) is 10.7. The van der Waals surface area contributed by atoms with Gasteiger partial charge in [0.1, 0.15) is 10.8 Å². The second kappa shape index (κ2) is 7.15. The number of nitrogens with zero attached hydrogens (tertiary/aromatic N) is 2. The Morgan fingerprint density at radius 3 is 2.60 bits per heavy atom. The highest BCUT2D eigenvalue weighted by Gasteiger charge is 2.23. The van der Waals surface area contributed by atoms with Crippen LogP contribution in [0.5, 0.6) is 5.75 Å². The summed E-state index contributed by atoms with van der Waals surface area (Å²) in [6, 6.07) is 11.8. The molecule has 0 spiro atoms. The van der Waals surface area contributed by atoms with Gasteiger partial charge in [-0.2, -0.15) is 0 Å². The third kappa shape index (κ3) is 3.46. The molecule has 0 saturated heterocycles. The molecule has 2 aromatic heterocycles. The Kier molecular flexibility index (Phi) is 4.95. The van der Waals surface area contributed by atoms with Crippen molar-refractivity contribution < 1.29 is 9.53 Å². The Labute approximate surface area is 152 Å². The molecule has 0 atom stereocenters. The maximum Gasteiger partial charge on any atom is 0.257 e. The minimum absolute atomic E-state index is 0.0355. The fourth-order valence-corrected chi connectivity index (χ4v) is 3.93. The number of thiophene rings is 1. The molecule has 25 heavy (non-hydrogen) atoms. The topological polar surface area (TPSA) is 34.5 Å². The number of carbonyl (C=O) groups is 1. The number of methoxy groups -OCH3 is 1. The van der Waals surface area contributed by atoms with Gasteiger partial charge in [0, 0.05) is 30.9 Å². The number of aryl methyl sites for hydroxylation is 1. The highest BCUT2D eigenvalue weighted by atomic mass is 32.1. The van der Waals surface area contributed by atoms with Crippen LogP contribution in [0.4, 0.5) is 0 Å². The standard InChI is InChI=1S/C20H22N2O2S/c1-14-15(2)25-20(22-10-5-6-11-22)18(14)19(23)21(3)13-16-8-7-9-17(12-16)24-4/h5-12H,13H2,1-4H3. The summed E-state index contributed by atoms with van der Waals surface area (Å²) in [6.07, 6.45) is 3.95. The van der Waals surface area contributed by atoms with Crippen LogP contribution in [0.25, 0.3) is 5.00 Å². The average molecular weight is 354 g/mol. The Morgan fingerprint density at radius 1 is 1.20 bits per heavy atom. The van der Waals surface area contributed by atoms with Gasteiger partial charge < -0.3 is 14.2 Å². The van der Waals surface area contributed by atoms with Crippen LogP contribution in [0.15, 0.2) is 48.8 Å². The first kappa shape index (κ1) is 17.3. The quantitative estimate of drug-likeness (QED) is 0.679. The lowest BCUT2D eigenvalue weighted by atomic mass is 10.1. The van der Waals surface area contributed by atoms with Crippen molar-refractivity contribution >= 4 is 17.2 Å². The van der Waals surface area contributed by atoms with Gasteiger partial charge >= 0.3 is 0 Å². The van der Waals surface area contributed by atoms with Crippen molar-refractivity contribution in [2.75, 3.05) is 14.2 Å². The fourth-order valence-electron chi connectivity index (χ4n) is 2.82. The smallest absolute Gasteiger partial charge is 0.257 e. The molecule has 130 valence electrons. The zero-order valence-electron chi connectivity index (χ0n) is 14.9.